The summed E-state index contributed by atoms with van der Waals surface area (Å²) in [6.45, 7) is 2.73. The number of nitrogens with zero attached hydrogens (tertiary/aromatic N) is 3. The number of alkyl halides is 2. The van der Waals surface area contributed by atoms with Crippen LogP contribution in [-0.2, 0) is 44.8 Å². The molecule has 2 aliphatic heterocycles. The first-order chi connectivity index (χ1) is 28.9. The van der Waals surface area contributed by atoms with Gasteiger partial charge in [0.15, 0.2) is 11.9 Å². The molecule has 6 amide bonds. The second kappa shape index (κ2) is 21.8. The van der Waals surface area contributed by atoms with Gasteiger partial charge in [0.25, 0.3) is 11.8 Å². The van der Waals surface area contributed by atoms with Crippen molar-refractivity contribution in [2.75, 3.05) is 30.7 Å². The minimum atomic E-state index is -3.95. The smallest absolute Gasteiger partial charge is 0.431 e. The Kier molecular flexibility index (Phi) is 16.9. The van der Waals surface area contributed by atoms with Crippen molar-refractivity contribution >= 4 is 53.1 Å². The van der Waals surface area contributed by atoms with Gasteiger partial charge in [0.2, 0.25) is 18.0 Å². The molecule has 1 aromatic heterocycles. The lowest BCUT2D eigenvalue weighted by Crippen LogP contribution is -2.45. The maximum Gasteiger partial charge on any atom is 0.508 e. The van der Waals surface area contributed by atoms with Crippen molar-refractivity contribution in [3.8, 4) is 0 Å². The minimum absolute atomic E-state index is 0.109. The van der Waals surface area contributed by atoms with Crippen molar-refractivity contribution in [2.24, 2.45) is 17.6 Å². The Morgan fingerprint density at radius 1 is 0.984 bits per heavy atom. The molecule has 2 aliphatic rings. The number of unbranched alkanes of at least 4 members (excludes halogenated alkanes) is 2. The zero-order chi connectivity index (χ0) is 44.9. The number of rotatable bonds is 22. The number of aromatic nitrogens is 2. The number of nitrogens with one attached hydrogen (secondary N) is 3. The highest BCUT2D eigenvalue weighted by Crippen LogP contribution is 2.42. The van der Waals surface area contributed by atoms with Crippen LogP contribution in [0.2, 0.25) is 0 Å². The monoisotopic (exact) mass is 860 g/mol. The molecule has 61 heavy (non-hydrogen) atoms. The fraction of sp³-hybridized carbons (Fsp3) is 0.513. The summed E-state index contributed by atoms with van der Waals surface area (Å²) in [5.74, 6) is -7.34. The molecule has 0 spiro atoms. The SMILES string of the molecule is CC(C)[C@H](NC(=O)CCCCCN1C(=O)C=CC1=O)C(=O)C[C@@H](CCCNC(N)=O)C(=O)Nc1ccc(COC(=O)OC[C@H]2O[C@@H](n3ccc(N)nc3=O)C(F)(F)[C@@H]2O)cc1. The van der Waals surface area contributed by atoms with Gasteiger partial charge in [-0.15, -0.1) is 0 Å². The van der Waals surface area contributed by atoms with Crippen LogP contribution in [0.25, 0.3) is 0 Å². The van der Waals surface area contributed by atoms with E-state index in [2.05, 4.69) is 20.9 Å². The zero-order valence-corrected chi connectivity index (χ0v) is 33.6. The third kappa shape index (κ3) is 13.6. The number of ether oxygens (including phenoxy) is 3. The number of hydrogen-bond acceptors (Lipinski definition) is 14. The van der Waals surface area contributed by atoms with E-state index in [1.165, 1.54) is 36.4 Å². The first kappa shape index (κ1) is 47.4. The number of carbonyl (C=O) groups excluding carboxylic acids is 7. The summed E-state index contributed by atoms with van der Waals surface area (Å²) in [7, 11) is 0. The molecule has 0 unspecified atom stereocenters. The molecule has 332 valence electrons. The number of urea groups is 1. The number of hydrogen-bond donors (Lipinski definition) is 6. The number of primary amides is 1. The number of imide groups is 1. The van der Waals surface area contributed by atoms with Crippen molar-refractivity contribution in [2.45, 2.75) is 95.8 Å². The summed E-state index contributed by atoms with van der Waals surface area (Å²) in [4.78, 5) is 103. The summed E-state index contributed by atoms with van der Waals surface area (Å²) < 4.78 is 45.0. The van der Waals surface area contributed by atoms with Gasteiger partial charge in [0.05, 0.1) is 6.04 Å². The molecule has 3 heterocycles. The number of ketones is 1. The Balaban J connectivity index is 1.26. The molecule has 20 nitrogen and oxygen atoms in total. The number of nitrogens with two attached hydrogens (primary N) is 2. The number of halogens is 2. The van der Waals surface area contributed by atoms with E-state index in [4.69, 9.17) is 25.7 Å². The van der Waals surface area contributed by atoms with Crippen molar-refractivity contribution in [1.29, 1.82) is 0 Å². The predicted octanol–water partition coefficient (Wildman–Crippen LogP) is 1.66. The van der Waals surface area contributed by atoms with Crippen molar-refractivity contribution in [3.05, 3.63) is 64.7 Å². The highest BCUT2D eigenvalue weighted by molar-refractivity contribution is 6.12. The lowest BCUT2D eigenvalue weighted by Gasteiger charge is -2.24. The minimum Gasteiger partial charge on any atom is -0.431 e. The van der Waals surface area contributed by atoms with Crippen LogP contribution < -0.4 is 33.1 Å². The number of benzene rings is 1. The molecule has 2 aromatic rings. The number of aliphatic hydroxyl groups excluding tert-OH is 1. The molecular weight excluding hydrogens is 810 g/mol. The Hall–Kier alpha value is -6.29. The van der Waals surface area contributed by atoms with Crippen molar-refractivity contribution < 1.29 is 61.7 Å². The summed E-state index contributed by atoms with van der Waals surface area (Å²) in [5, 5.41) is 18.1. The molecule has 0 radical (unpaired) electrons. The quantitative estimate of drug-likeness (QED) is 0.0558. The average Bonchev–Trinajstić information content (AvgIpc) is 3.64. The predicted molar refractivity (Wildman–Crippen MR) is 210 cm³/mol. The number of amides is 6. The fourth-order valence-electron chi connectivity index (χ4n) is 6.48. The van der Waals surface area contributed by atoms with Gasteiger partial charge in [-0.2, -0.15) is 13.8 Å². The van der Waals surface area contributed by atoms with Crippen LogP contribution in [0.3, 0.4) is 0 Å². The van der Waals surface area contributed by atoms with Crippen LogP contribution in [0, 0.1) is 11.8 Å². The Bertz CT molecular complexity index is 1990. The van der Waals surface area contributed by atoms with Crippen LogP contribution in [0.4, 0.5) is 29.9 Å². The van der Waals surface area contributed by atoms with Gasteiger partial charge < -0.3 is 46.7 Å². The van der Waals surface area contributed by atoms with Crippen molar-refractivity contribution in [1.82, 2.24) is 25.1 Å². The average molecular weight is 861 g/mol. The van der Waals surface area contributed by atoms with E-state index in [1.807, 2.05) is 0 Å². The highest BCUT2D eigenvalue weighted by Gasteiger charge is 2.60. The van der Waals surface area contributed by atoms with Gasteiger partial charge in [-0.3, -0.25) is 33.4 Å². The van der Waals surface area contributed by atoms with Crippen molar-refractivity contribution in [3.63, 3.8) is 0 Å². The molecule has 22 heteroatoms. The number of Topliss-reactive ketones (excluding diaryl/α,β-unsaturated/α-hetero) is 1. The maximum absolute atomic E-state index is 14.8. The van der Waals surface area contributed by atoms with Gasteiger partial charge in [0.1, 0.15) is 25.1 Å². The Labute approximate surface area is 348 Å². The molecule has 5 atom stereocenters. The van der Waals surface area contributed by atoms with Crippen LogP contribution in [0.15, 0.2) is 53.5 Å². The number of carbonyl (C=O) groups is 7. The molecule has 0 bridgehead atoms. The van der Waals surface area contributed by atoms with Crippen LogP contribution in [-0.4, -0.2) is 105 Å². The molecule has 0 saturated carbocycles. The maximum atomic E-state index is 14.8. The summed E-state index contributed by atoms with van der Waals surface area (Å²) in [5.41, 5.74) is 10.2. The van der Waals surface area contributed by atoms with Gasteiger partial charge in [-0.05, 0) is 55.4 Å². The third-order valence-electron chi connectivity index (χ3n) is 9.79. The van der Waals surface area contributed by atoms with Crippen LogP contribution in [0.5, 0.6) is 0 Å². The highest BCUT2D eigenvalue weighted by atomic mass is 19.3. The van der Waals surface area contributed by atoms with Gasteiger partial charge in [0, 0.05) is 55.9 Å². The topological polar surface area (TPSA) is 294 Å². The largest absolute Gasteiger partial charge is 0.508 e. The molecule has 1 saturated heterocycles. The molecule has 4 rings (SSSR count). The molecule has 8 N–H and O–H groups in total. The van der Waals surface area contributed by atoms with E-state index in [0.29, 0.717) is 41.5 Å². The van der Waals surface area contributed by atoms with E-state index in [-0.39, 0.29) is 74.2 Å². The molecule has 0 aliphatic carbocycles. The van der Waals surface area contributed by atoms with E-state index >= 15 is 0 Å². The van der Waals surface area contributed by atoms with Gasteiger partial charge in [-0.25, -0.2) is 14.4 Å². The first-order valence-electron chi connectivity index (χ1n) is 19.5. The Morgan fingerprint density at radius 2 is 1.67 bits per heavy atom. The molecular formula is C39H50F2N8O12. The standard InChI is InChI=1S/C39H50F2N8O12/c1-22(2)32(47-29(51)8-4-3-5-17-48-30(52)13-14-31(48)53)26(50)19-24(7-6-16-44-36(43)56)34(55)45-25-11-9-23(10-12-25)20-59-38(58)60-21-27-33(54)39(40,41)35(61-27)49-18-15-28(42)46-37(49)57/h9-15,18,22,24,27,32-33,35,54H,3-8,16-17,19-21H2,1-2H3,(H,45,55)(H,47,51)(H2,42,46,57)(H3,43,44,56)/t24-,27-,32+,33-,35-/m1/s1. The van der Waals surface area contributed by atoms with E-state index in [0.717, 1.165) is 17.2 Å². The van der Waals surface area contributed by atoms with E-state index < -0.39 is 66.7 Å². The summed E-state index contributed by atoms with van der Waals surface area (Å²) in [6, 6.07) is 5.48. The normalized spacial score (nSPS) is 19.0. The van der Waals surface area contributed by atoms with E-state index in [1.54, 1.807) is 13.8 Å². The second-order valence-electron chi connectivity index (χ2n) is 14.8. The van der Waals surface area contributed by atoms with Gasteiger partial charge in [-0.1, -0.05) is 32.4 Å². The van der Waals surface area contributed by atoms with Gasteiger partial charge >= 0.3 is 23.8 Å². The lowest BCUT2D eigenvalue weighted by atomic mass is 9.89. The summed E-state index contributed by atoms with van der Waals surface area (Å²) >= 11 is 0. The third-order valence-corrected chi connectivity index (χ3v) is 9.79. The van der Waals surface area contributed by atoms with Crippen LogP contribution in [0.1, 0.15) is 70.6 Å². The van der Waals surface area contributed by atoms with E-state index in [9.17, 15) is 52.2 Å². The second-order valence-corrected chi connectivity index (χ2v) is 14.8. The first-order valence-corrected chi connectivity index (χ1v) is 19.5. The Morgan fingerprint density at radius 3 is 2.31 bits per heavy atom. The lowest BCUT2D eigenvalue weighted by molar-refractivity contribution is -0.141. The number of aliphatic hydroxyl groups is 1. The summed E-state index contributed by atoms with van der Waals surface area (Å²) in [6.07, 6.45) is -2.43. The fourth-order valence-corrected chi connectivity index (χ4v) is 6.48. The number of anilines is 2. The zero-order valence-electron chi connectivity index (χ0n) is 33.6. The van der Waals surface area contributed by atoms with Crippen LogP contribution >= 0.6 is 0 Å². The molecule has 1 fully saturated rings. The number of nitrogen functional groups attached to an aromatic ring is 1. The molecule has 1 aromatic carbocycles.